The zero-order valence-corrected chi connectivity index (χ0v) is 22.6. The minimum atomic E-state index is -0.584. The third-order valence-electron chi connectivity index (χ3n) is 5.86. The Hall–Kier alpha value is -3.55. The largest absolute Gasteiger partial charge is 0.489 e. The van der Waals surface area contributed by atoms with Crippen LogP contribution in [0.4, 0.5) is 0 Å². The number of guanidine groups is 1. The highest BCUT2D eigenvalue weighted by molar-refractivity contribution is 5.81. The SMILES string of the molecule is CC(=O)Oc1c(C(C)(C)C)cc2c(c1C(C)(C)C)CC(C)(COc1ccc(C=NN=C(N)N)cc1)O2. The van der Waals surface area contributed by atoms with Gasteiger partial charge in [-0.25, -0.2) is 0 Å². The molecule has 8 heteroatoms. The van der Waals surface area contributed by atoms with Crippen molar-refractivity contribution in [3.05, 3.63) is 52.6 Å². The number of esters is 1. The van der Waals surface area contributed by atoms with Gasteiger partial charge in [-0.15, -0.1) is 5.10 Å². The zero-order chi connectivity index (χ0) is 26.9. The molecule has 8 nitrogen and oxygen atoms in total. The van der Waals surface area contributed by atoms with Crippen LogP contribution in [0.5, 0.6) is 17.2 Å². The van der Waals surface area contributed by atoms with Gasteiger partial charge in [0.1, 0.15) is 29.5 Å². The molecule has 0 fully saturated rings. The van der Waals surface area contributed by atoms with Crippen molar-refractivity contribution in [2.75, 3.05) is 6.61 Å². The fourth-order valence-corrected chi connectivity index (χ4v) is 4.35. The van der Waals surface area contributed by atoms with Gasteiger partial charge >= 0.3 is 5.97 Å². The van der Waals surface area contributed by atoms with Crippen molar-refractivity contribution in [1.82, 2.24) is 0 Å². The standard InChI is InChI=1S/C28H38N4O4/c1-17(33)35-24-21(26(2,3)4)13-22-20(23(24)27(5,6)7)14-28(8,36-22)16-34-19-11-9-18(10-12-19)15-31-32-25(29)30/h9-13,15H,14,16H2,1-8H3,(H4,29,30,32). The van der Waals surface area contributed by atoms with E-state index in [4.69, 9.17) is 25.7 Å². The van der Waals surface area contributed by atoms with Gasteiger partial charge in [0.05, 0.1) is 6.21 Å². The predicted octanol–water partition coefficient (Wildman–Crippen LogP) is 4.59. The lowest BCUT2D eigenvalue weighted by Crippen LogP contribution is -2.37. The van der Waals surface area contributed by atoms with Gasteiger partial charge in [0.2, 0.25) is 5.96 Å². The quantitative estimate of drug-likeness (QED) is 0.199. The highest BCUT2D eigenvalue weighted by Crippen LogP contribution is 2.50. The first-order chi connectivity index (χ1) is 16.6. The molecule has 1 aliphatic rings. The van der Waals surface area contributed by atoms with Crippen LogP contribution in [-0.4, -0.2) is 30.4 Å². The summed E-state index contributed by atoms with van der Waals surface area (Å²) in [6.45, 7) is 16.5. The van der Waals surface area contributed by atoms with Crippen LogP contribution in [0.15, 0.2) is 40.5 Å². The number of fused-ring (bicyclic) bond motifs is 1. The number of benzene rings is 2. The van der Waals surface area contributed by atoms with Crippen LogP contribution in [0, 0.1) is 0 Å². The third kappa shape index (κ3) is 6.36. The van der Waals surface area contributed by atoms with Gasteiger partial charge in [0.25, 0.3) is 0 Å². The molecule has 0 aromatic heterocycles. The van der Waals surface area contributed by atoms with Crippen LogP contribution < -0.4 is 25.7 Å². The second-order valence-electron chi connectivity index (χ2n) is 11.6. The average Bonchev–Trinajstić information content (AvgIpc) is 3.06. The molecule has 2 aromatic carbocycles. The lowest BCUT2D eigenvalue weighted by molar-refractivity contribution is -0.132. The Labute approximate surface area is 213 Å². The molecule has 0 saturated heterocycles. The molecular formula is C28H38N4O4. The number of hydrogen-bond acceptors (Lipinski definition) is 6. The molecule has 0 spiro atoms. The van der Waals surface area contributed by atoms with Crippen LogP contribution in [-0.2, 0) is 22.0 Å². The molecule has 0 saturated carbocycles. The maximum absolute atomic E-state index is 12.1. The number of rotatable bonds is 6. The number of ether oxygens (including phenoxy) is 3. The highest BCUT2D eigenvalue weighted by atomic mass is 16.6. The van der Waals surface area contributed by atoms with Crippen molar-refractivity contribution < 1.29 is 19.0 Å². The van der Waals surface area contributed by atoms with E-state index < -0.39 is 5.60 Å². The van der Waals surface area contributed by atoms with Crippen LogP contribution in [0.3, 0.4) is 0 Å². The van der Waals surface area contributed by atoms with Crippen molar-refractivity contribution in [2.24, 2.45) is 21.7 Å². The Morgan fingerprint density at radius 1 is 1.11 bits per heavy atom. The fourth-order valence-electron chi connectivity index (χ4n) is 4.35. The number of nitrogens with zero attached hydrogens (tertiary/aromatic N) is 2. The summed E-state index contributed by atoms with van der Waals surface area (Å²) in [6, 6.07) is 9.48. The van der Waals surface area contributed by atoms with Crippen molar-refractivity contribution >= 4 is 18.1 Å². The van der Waals surface area contributed by atoms with Gasteiger partial charge in [-0.05, 0) is 53.6 Å². The van der Waals surface area contributed by atoms with E-state index >= 15 is 0 Å². The number of nitrogens with two attached hydrogens (primary N) is 2. The van der Waals surface area contributed by atoms with Gasteiger partial charge in [0, 0.05) is 30.0 Å². The van der Waals surface area contributed by atoms with Gasteiger partial charge in [-0.3, -0.25) is 4.79 Å². The number of carbonyl (C=O) groups excluding carboxylic acids is 1. The van der Waals surface area contributed by atoms with E-state index in [0.717, 1.165) is 28.0 Å². The molecule has 2 aromatic rings. The van der Waals surface area contributed by atoms with Gasteiger partial charge in [-0.1, -0.05) is 41.5 Å². The molecule has 1 aliphatic heterocycles. The van der Waals surface area contributed by atoms with Gasteiger partial charge < -0.3 is 25.7 Å². The molecule has 1 atom stereocenters. The van der Waals surface area contributed by atoms with E-state index in [1.807, 2.05) is 37.3 Å². The molecule has 1 unspecified atom stereocenters. The second-order valence-corrected chi connectivity index (χ2v) is 11.6. The molecule has 194 valence electrons. The topological polar surface area (TPSA) is 122 Å². The fraction of sp³-hybridized carbons (Fsp3) is 0.464. The Bertz CT molecular complexity index is 1180. The third-order valence-corrected chi connectivity index (χ3v) is 5.86. The predicted molar refractivity (Wildman–Crippen MR) is 143 cm³/mol. The van der Waals surface area contributed by atoms with Crippen LogP contribution in [0.25, 0.3) is 0 Å². The summed E-state index contributed by atoms with van der Waals surface area (Å²) in [7, 11) is 0. The van der Waals surface area contributed by atoms with Crippen molar-refractivity contribution in [3.8, 4) is 17.2 Å². The van der Waals surface area contributed by atoms with E-state index in [1.54, 1.807) is 6.21 Å². The molecular weight excluding hydrogens is 456 g/mol. The van der Waals surface area contributed by atoms with Crippen molar-refractivity contribution in [2.45, 2.75) is 78.2 Å². The minimum Gasteiger partial charge on any atom is -0.489 e. The summed E-state index contributed by atoms with van der Waals surface area (Å²) in [5.41, 5.74) is 13.3. The van der Waals surface area contributed by atoms with E-state index in [9.17, 15) is 4.79 Å². The maximum atomic E-state index is 12.1. The molecule has 0 amide bonds. The summed E-state index contributed by atoms with van der Waals surface area (Å²) in [5, 5.41) is 7.41. The first-order valence-electron chi connectivity index (χ1n) is 12.0. The van der Waals surface area contributed by atoms with E-state index in [0.29, 0.717) is 24.5 Å². The van der Waals surface area contributed by atoms with Gasteiger partial charge in [0.15, 0.2) is 0 Å². The zero-order valence-electron chi connectivity index (χ0n) is 22.6. The molecule has 0 bridgehead atoms. The van der Waals surface area contributed by atoms with E-state index in [-0.39, 0.29) is 22.8 Å². The normalized spacial score (nSPS) is 17.4. The Balaban J connectivity index is 1.88. The molecule has 1 heterocycles. The Morgan fingerprint density at radius 3 is 2.28 bits per heavy atom. The Kier molecular flexibility index (Phi) is 7.39. The van der Waals surface area contributed by atoms with E-state index in [2.05, 4.69) is 51.7 Å². The lowest BCUT2D eigenvalue weighted by atomic mass is 9.76. The number of hydrogen-bond donors (Lipinski definition) is 2. The molecule has 36 heavy (non-hydrogen) atoms. The number of carbonyl (C=O) groups is 1. The molecule has 4 N–H and O–H groups in total. The minimum absolute atomic E-state index is 0.0961. The Morgan fingerprint density at radius 2 is 1.75 bits per heavy atom. The molecule has 3 rings (SSSR count). The summed E-state index contributed by atoms with van der Waals surface area (Å²) in [4.78, 5) is 12.1. The monoisotopic (exact) mass is 494 g/mol. The summed E-state index contributed by atoms with van der Waals surface area (Å²) < 4.78 is 18.5. The van der Waals surface area contributed by atoms with E-state index in [1.165, 1.54) is 6.92 Å². The lowest BCUT2D eigenvalue weighted by Gasteiger charge is -2.30. The first kappa shape index (κ1) is 27.0. The summed E-state index contributed by atoms with van der Waals surface area (Å²) in [6.07, 6.45) is 2.19. The summed E-state index contributed by atoms with van der Waals surface area (Å²) in [5.74, 6) is 1.75. The van der Waals surface area contributed by atoms with Gasteiger partial charge in [-0.2, -0.15) is 5.10 Å². The van der Waals surface area contributed by atoms with Crippen LogP contribution in [0.1, 0.15) is 77.6 Å². The maximum Gasteiger partial charge on any atom is 0.308 e. The second kappa shape index (κ2) is 9.84. The highest BCUT2D eigenvalue weighted by Gasteiger charge is 2.42. The summed E-state index contributed by atoms with van der Waals surface area (Å²) >= 11 is 0. The molecule has 0 aliphatic carbocycles. The van der Waals surface area contributed by atoms with Crippen LogP contribution in [0.2, 0.25) is 0 Å². The van der Waals surface area contributed by atoms with Crippen molar-refractivity contribution in [1.29, 1.82) is 0 Å². The smallest absolute Gasteiger partial charge is 0.308 e. The first-order valence-corrected chi connectivity index (χ1v) is 12.0. The van der Waals surface area contributed by atoms with Crippen LogP contribution >= 0.6 is 0 Å². The average molecular weight is 495 g/mol. The molecule has 0 radical (unpaired) electrons. The van der Waals surface area contributed by atoms with Crippen molar-refractivity contribution in [3.63, 3.8) is 0 Å².